The summed E-state index contributed by atoms with van der Waals surface area (Å²) in [7, 11) is -3.24. The predicted molar refractivity (Wildman–Crippen MR) is 86.9 cm³/mol. The van der Waals surface area contributed by atoms with Gasteiger partial charge in [-0.1, -0.05) is 12.1 Å². The molecule has 0 bridgehead atoms. The van der Waals surface area contributed by atoms with E-state index in [1.807, 2.05) is 12.1 Å². The van der Waals surface area contributed by atoms with Gasteiger partial charge in [0.25, 0.3) is 0 Å². The Morgan fingerprint density at radius 3 is 2.43 bits per heavy atom. The van der Waals surface area contributed by atoms with E-state index in [-0.39, 0.29) is 24.7 Å². The fraction of sp³-hybridized carbons (Fsp3) is 0.562. The third kappa shape index (κ3) is 6.27. The van der Waals surface area contributed by atoms with Gasteiger partial charge in [-0.2, -0.15) is 0 Å². The molecule has 0 aromatic heterocycles. The topological polar surface area (TPSA) is 66.5 Å². The van der Waals surface area contributed by atoms with Crippen LogP contribution >= 0.6 is 0 Å². The first-order valence-corrected chi connectivity index (χ1v) is 9.69. The molecule has 1 aliphatic rings. The van der Waals surface area contributed by atoms with Crippen molar-refractivity contribution in [2.45, 2.75) is 25.7 Å². The van der Waals surface area contributed by atoms with Crippen LogP contribution in [-0.2, 0) is 21.2 Å². The molecule has 0 radical (unpaired) electrons. The summed E-state index contributed by atoms with van der Waals surface area (Å²) < 4.78 is 37.2. The van der Waals surface area contributed by atoms with Crippen molar-refractivity contribution in [1.29, 1.82) is 0 Å². The quantitative estimate of drug-likeness (QED) is 0.853. The Kier molecular flexibility index (Phi) is 6.12. The summed E-state index contributed by atoms with van der Waals surface area (Å²) in [5.41, 5.74) is 1.12. The zero-order valence-electron chi connectivity index (χ0n) is 13.3. The van der Waals surface area contributed by atoms with Crippen molar-refractivity contribution in [3.8, 4) is 0 Å². The number of likely N-dealkylation sites (tertiary alicyclic amines) is 1. The average Bonchev–Trinajstić information content (AvgIpc) is 2.49. The van der Waals surface area contributed by atoms with E-state index in [2.05, 4.69) is 4.72 Å². The minimum absolute atomic E-state index is 0.0126. The van der Waals surface area contributed by atoms with Crippen molar-refractivity contribution >= 4 is 15.9 Å². The Bertz CT molecular complexity index is 623. The Labute approximate surface area is 136 Å². The smallest absolute Gasteiger partial charge is 0.223 e. The second-order valence-electron chi connectivity index (χ2n) is 6.07. The molecule has 0 saturated carbocycles. The lowest BCUT2D eigenvalue weighted by Crippen LogP contribution is -2.40. The van der Waals surface area contributed by atoms with Gasteiger partial charge in [-0.15, -0.1) is 0 Å². The molecular weight excluding hydrogens is 319 g/mol. The summed E-state index contributed by atoms with van der Waals surface area (Å²) in [4.78, 5) is 13.8. The Morgan fingerprint density at radius 1 is 1.26 bits per heavy atom. The van der Waals surface area contributed by atoms with E-state index in [9.17, 15) is 17.6 Å². The highest BCUT2D eigenvalue weighted by molar-refractivity contribution is 7.88. The molecule has 2 rings (SSSR count). The predicted octanol–water partition coefficient (Wildman–Crippen LogP) is 1.55. The van der Waals surface area contributed by atoms with E-state index in [1.54, 1.807) is 4.90 Å². The molecule has 0 unspecified atom stereocenters. The van der Waals surface area contributed by atoms with Gasteiger partial charge in [0.2, 0.25) is 15.9 Å². The van der Waals surface area contributed by atoms with Gasteiger partial charge in [-0.3, -0.25) is 4.79 Å². The highest BCUT2D eigenvalue weighted by Gasteiger charge is 2.22. The first-order valence-electron chi connectivity index (χ1n) is 7.80. The number of nitrogens with zero attached hydrogens (tertiary/aromatic N) is 1. The summed E-state index contributed by atoms with van der Waals surface area (Å²) in [6.45, 7) is 1.54. The van der Waals surface area contributed by atoms with Crippen LogP contribution < -0.4 is 4.72 Å². The standard InChI is InChI=1S/C16H23FN2O3S/c1-23(21,22)18-9-6-16(20)19-10-7-14(8-11-19)12-13-2-4-15(17)5-3-13/h2-5,14,18H,6-12H2,1H3. The Hall–Kier alpha value is -1.47. The maximum Gasteiger partial charge on any atom is 0.223 e. The van der Waals surface area contributed by atoms with Crippen molar-refractivity contribution < 1.29 is 17.6 Å². The van der Waals surface area contributed by atoms with Crippen LogP contribution in [0.1, 0.15) is 24.8 Å². The van der Waals surface area contributed by atoms with Crippen LogP contribution in [0.3, 0.4) is 0 Å². The zero-order valence-corrected chi connectivity index (χ0v) is 14.1. The largest absolute Gasteiger partial charge is 0.343 e. The third-order valence-electron chi connectivity index (χ3n) is 4.11. The van der Waals surface area contributed by atoms with Gasteiger partial charge in [0.15, 0.2) is 0 Å². The molecule has 1 amide bonds. The molecule has 7 heteroatoms. The zero-order chi connectivity index (χ0) is 16.9. The van der Waals surface area contributed by atoms with Gasteiger partial charge in [0, 0.05) is 26.1 Å². The highest BCUT2D eigenvalue weighted by Crippen LogP contribution is 2.22. The minimum Gasteiger partial charge on any atom is -0.343 e. The molecule has 1 aliphatic heterocycles. The minimum atomic E-state index is -3.24. The van der Waals surface area contributed by atoms with Gasteiger partial charge in [-0.05, 0) is 42.9 Å². The number of piperidine rings is 1. The second-order valence-corrected chi connectivity index (χ2v) is 7.90. The van der Waals surface area contributed by atoms with E-state index in [0.29, 0.717) is 19.0 Å². The number of hydrogen-bond donors (Lipinski definition) is 1. The van der Waals surface area contributed by atoms with Crippen LogP contribution in [0.4, 0.5) is 4.39 Å². The van der Waals surface area contributed by atoms with Crippen molar-refractivity contribution in [1.82, 2.24) is 9.62 Å². The van der Waals surface area contributed by atoms with Crippen molar-refractivity contribution in [2.75, 3.05) is 25.9 Å². The average molecular weight is 342 g/mol. The molecule has 1 aromatic carbocycles. The van der Waals surface area contributed by atoms with Crippen LogP contribution in [0.15, 0.2) is 24.3 Å². The number of benzene rings is 1. The maximum absolute atomic E-state index is 12.9. The van der Waals surface area contributed by atoms with Crippen molar-refractivity contribution in [3.05, 3.63) is 35.6 Å². The van der Waals surface area contributed by atoms with Crippen molar-refractivity contribution in [3.63, 3.8) is 0 Å². The lowest BCUT2D eigenvalue weighted by molar-refractivity contribution is -0.132. The van der Waals surface area contributed by atoms with Crippen LogP contribution in [-0.4, -0.2) is 45.1 Å². The van der Waals surface area contributed by atoms with E-state index in [4.69, 9.17) is 0 Å². The van der Waals surface area contributed by atoms with E-state index >= 15 is 0 Å². The number of carbonyl (C=O) groups is 1. The molecule has 0 aliphatic carbocycles. The summed E-state index contributed by atoms with van der Waals surface area (Å²) in [5.74, 6) is 0.261. The van der Waals surface area contributed by atoms with Gasteiger partial charge >= 0.3 is 0 Å². The number of nitrogens with one attached hydrogen (secondary N) is 1. The molecule has 5 nitrogen and oxygen atoms in total. The molecule has 23 heavy (non-hydrogen) atoms. The number of halogens is 1. The fourth-order valence-electron chi connectivity index (χ4n) is 2.84. The number of rotatable bonds is 6. The van der Waals surface area contributed by atoms with Gasteiger partial charge in [0.1, 0.15) is 5.82 Å². The normalized spacial score (nSPS) is 16.5. The van der Waals surface area contributed by atoms with E-state index in [1.165, 1.54) is 12.1 Å². The summed E-state index contributed by atoms with van der Waals surface area (Å²) in [6, 6.07) is 6.57. The lowest BCUT2D eigenvalue weighted by Gasteiger charge is -2.32. The lowest BCUT2D eigenvalue weighted by atomic mass is 9.90. The second kappa shape index (κ2) is 7.88. The summed E-state index contributed by atoms with van der Waals surface area (Å²) in [6.07, 6.45) is 4.01. The van der Waals surface area contributed by atoms with Crippen LogP contribution in [0.25, 0.3) is 0 Å². The maximum atomic E-state index is 12.9. The fourth-order valence-corrected chi connectivity index (χ4v) is 3.31. The van der Waals surface area contributed by atoms with Crippen molar-refractivity contribution in [2.24, 2.45) is 5.92 Å². The van der Waals surface area contributed by atoms with Crippen LogP contribution in [0, 0.1) is 11.7 Å². The van der Waals surface area contributed by atoms with Gasteiger partial charge < -0.3 is 4.90 Å². The molecule has 0 spiro atoms. The van der Waals surface area contributed by atoms with Crippen LogP contribution in [0.2, 0.25) is 0 Å². The van der Waals surface area contributed by atoms with E-state index < -0.39 is 10.0 Å². The molecule has 1 saturated heterocycles. The Balaban J connectivity index is 1.72. The van der Waals surface area contributed by atoms with Crippen LogP contribution in [0.5, 0.6) is 0 Å². The molecule has 1 N–H and O–H groups in total. The summed E-state index contributed by atoms with van der Waals surface area (Å²) >= 11 is 0. The van der Waals surface area contributed by atoms with Gasteiger partial charge in [-0.25, -0.2) is 17.5 Å². The number of sulfonamides is 1. The third-order valence-corrected chi connectivity index (χ3v) is 4.84. The van der Waals surface area contributed by atoms with E-state index in [0.717, 1.165) is 31.1 Å². The number of amides is 1. The number of hydrogen-bond acceptors (Lipinski definition) is 3. The molecule has 1 heterocycles. The molecule has 0 atom stereocenters. The molecular formula is C16H23FN2O3S. The first-order chi connectivity index (χ1) is 10.8. The summed E-state index contributed by atoms with van der Waals surface area (Å²) in [5, 5.41) is 0. The first kappa shape index (κ1) is 17.9. The SMILES string of the molecule is CS(=O)(=O)NCCC(=O)N1CCC(Cc2ccc(F)cc2)CC1. The van der Waals surface area contributed by atoms with Gasteiger partial charge in [0.05, 0.1) is 6.26 Å². The molecule has 1 fully saturated rings. The monoisotopic (exact) mass is 342 g/mol. The Morgan fingerprint density at radius 2 is 1.87 bits per heavy atom. The number of carbonyl (C=O) groups excluding carboxylic acids is 1. The molecule has 128 valence electrons. The molecule has 1 aromatic rings. The highest BCUT2D eigenvalue weighted by atomic mass is 32.2.